The smallest absolute Gasteiger partial charge is 0.232 e. The molecule has 0 fully saturated rings. The maximum Gasteiger partial charge on any atom is 0.232 e. The van der Waals surface area contributed by atoms with E-state index in [1.165, 1.54) is 7.11 Å². The minimum absolute atomic E-state index is 0.0451. The molecule has 2 aromatic carbocycles. The van der Waals surface area contributed by atoms with Gasteiger partial charge in [-0.2, -0.15) is 0 Å². The number of amides is 1. The average Bonchev–Trinajstić information content (AvgIpc) is 2.63. The Bertz CT molecular complexity index is 864. The zero-order valence-corrected chi connectivity index (χ0v) is 15.7. The summed E-state index contributed by atoms with van der Waals surface area (Å²) < 4.78 is 36.1. The zero-order valence-electron chi connectivity index (χ0n) is 14.9. The molecule has 0 heterocycles. The van der Waals surface area contributed by atoms with Crippen LogP contribution in [-0.4, -0.2) is 34.3 Å². The fourth-order valence-electron chi connectivity index (χ4n) is 2.23. The van der Waals surface area contributed by atoms with Gasteiger partial charge < -0.3 is 14.8 Å². The lowest BCUT2D eigenvalue weighted by Gasteiger charge is -2.13. The number of rotatable bonds is 8. The molecule has 0 spiro atoms. The predicted octanol–water partition coefficient (Wildman–Crippen LogP) is 2.65. The van der Waals surface area contributed by atoms with Gasteiger partial charge in [-0.05, 0) is 36.8 Å². The third kappa shape index (κ3) is 5.38. The van der Waals surface area contributed by atoms with Gasteiger partial charge in [-0.1, -0.05) is 12.1 Å². The van der Waals surface area contributed by atoms with Crippen LogP contribution in [0.3, 0.4) is 0 Å². The number of benzene rings is 2. The van der Waals surface area contributed by atoms with Crippen molar-refractivity contribution in [2.45, 2.75) is 13.3 Å². The van der Waals surface area contributed by atoms with Gasteiger partial charge in [-0.25, -0.2) is 8.42 Å². The molecule has 0 aliphatic rings. The van der Waals surface area contributed by atoms with E-state index >= 15 is 0 Å². The lowest BCUT2D eigenvalue weighted by molar-refractivity contribution is -0.115. The Morgan fingerprint density at radius 2 is 1.73 bits per heavy atom. The van der Waals surface area contributed by atoms with Gasteiger partial charge in [-0.15, -0.1) is 0 Å². The molecule has 140 valence electrons. The fraction of sp³-hybridized carbons (Fsp3) is 0.278. The van der Waals surface area contributed by atoms with Gasteiger partial charge in [0, 0.05) is 11.8 Å². The predicted molar refractivity (Wildman–Crippen MR) is 101 cm³/mol. The monoisotopic (exact) mass is 378 g/mol. The molecule has 2 N–H and O–H groups in total. The quantitative estimate of drug-likeness (QED) is 0.736. The highest BCUT2D eigenvalue weighted by Crippen LogP contribution is 2.29. The van der Waals surface area contributed by atoms with Crippen molar-refractivity contribution in [2.24, 2.45) is 0 Å². The SMILES string of the molecule is CCS(=O)(=O)Nc1ccc(NC(=O)Cc2ccc(OC)cc2)cc1OC. The summed E-state index contributed by atoms with van der Waals surface area (Å²) in [5.41, 5.74) is 1.69. The second-order valence-electron chi connectivity index (χ2n) is 5.49. The molecule has 0 saturated carbocycles. The number of methoxy groups -OCH3 is 2. The van der Waals surface area contributed by atoms with Crippen molar-refractivity contribution in [2.75, 3.05) is 30.0 Å². The highest BCUT2D eigenvalue weighted by atomic mass is 32.2. The topological polar surface area (TPSA) is 93.7 Å². The van der Waals surface area contributed by atoms with Crippen molar-refractivity contribution in [3.05, 3.63) is 48.0 Å². The van der Waals surface area contributed by atoms with E-state index in [1.807, 2.05) is 12.1 Å². The number of nitrogens with one attached hydrogen (secondary N) is 2. The van der Waals surface area contributed by atoms with E-state index in [-0.39, 0.29) is 18.1 Å². The maximum atomic E-state index is 12.2. The van der Waals surface area contributed by atoms with Gasteiger partial charge in [0.25, 0.3) is 0 Å². The minimum atomic E-state index is -3.42. The first-order chi connectivity index (χ1) is 12.4. The fourth-order valence-corrected chi connectivity index (χ4v) is 2.87. The Labute approximate surface area is 153 Å². The third-order valence-electron chi connectivity index (χ3n) is 3.65. The van der Waals surface area contributed by atoms with E-state index in [1.54, 1.807) is 44.4 Å². The number of carbonyl (C=O) groups excluding carboxylic acids is 1. The molecule has 8 heteroatoms. The van der Waals surface area contributed by atoms with E-state index in [9.17, 15) is 13.2 Å². The maximum absolute atomic E-state index is 12.2. The van der Waals surface area contributed by atoms with Crippen molar-refractivity contribution in [1.29, 1.82) is 0 Å². The van der Waals surface area contributed by atoms with Crippen LogP contribution in [0, 0.1) is 0 Å². The standard InChI is InChI=1S/C18H22N2O5S/c1-4-26(22,23)20-16-10-7-14(12-17(16)25-3)19-18(21)11-13-5-8-15(24-2)9-6-13/h5-10,12,20H,4,11H2,1-3H3,(H,19,21). The molecule has 0 bridgehead atoms. The van der Waals surface area contributed by atoms with Gasteiger partial charge in [0.1, 0.15) is 11.5 Å². The van der Waals surface area contributed by atoms with Gasteiger partial charge in [0.2, 0.25) is 15.9 Å². The summed E-state index contributed by atoms with van der Waals surface area (Å²) in [5.74, 6) is 0.809. The summed E-state index contributed by atoms with van der Waals surface area (Å²) in [6.07, 6.45) is 0.205. The van der Waals surface area contributed by atoms with Crippen LogP contribution in [0.15, 0.2) is 42.5 Å². The molecule has 0 aromatic heterocycles. The van der Waals surface area contributed by atoms with Crippen molar-refractivity contribution in [3.63, 3.8) is 0 Å². The molecular formula is C18H22N2O5S. The first kappa shape index (κ1) is 19.6. The molecular weight excluding hydrogens is 356 g/mol. The van der Waals surface area contributed by atoms with Gasteiger partial charge in [0.15, 0.2) is 0 Å². The summed E-state index contributed by atoms with van der Waals surface area (Å²) in [6.45, 7) is 1.54. The normalized spacial score (nSPS) is 10.9. The summed E-state index contributed by atoms with van der Waals surface area (Å²) >= 11 is 0. The van der Waals surface area contributed by atoms with E-state index in [2.05, 4.69) is 10.0 Å². The Morgan fingerprint density at radius 3 is 2.31 bits per heavy atom. The summed E-state index contributed by atoms with van der Waals surface area (Å²) in [5, 5.41) is 2.77. The molecule has 0 aliphatic carbocycles. The Morgan fingerprint density at radius 1 is 1.04 bits per heavy atom. The first-order valence-corrected chi connectivity index (χ1v) is 9.63. The number of hydrogen-bond acceptors (Lipinski definition) is 5. The number of carbonyl (C=O) groups is 1. The van der Waals surface area contributed by atoms with Crippen LogP contribution < -0.4 is 19.5 Å². The van der Waals surface area contributed by atoms with Crippen molar-refractivity contribution >= 4 is 27.3 Å². The molecule has 0 atom stereocenters. The Kier molecular flexibility index (Phi) is 6.46. The molecule has 0 unspecified atom stereocenters. The van der Waals surface area contributed by atoms with Gasteiger partial charge in [-0.3, -0.25) is 9.52 Å². The third-order valence-corrected chi connectivity index (χ3v) is 4.95. The highest BCUT2D eigenvalue weighted by Gasteiger charge is 2.13. The van der Waals surface area contributed by atoms with E-state index in [4.69, 9.17) is 9.47 Å². The molecule has 7 nitrogen and oxygen atoms in total. The van der Waals surface area contributed by atoms with Crippen molar-refractivity contribution in [3.8, 4) is 11.5 Å². The number of ether oxygens (including phenoxy) is 2. The van der Waals surface area contributed by atoms with E-state index < -0.39 is 10.0 Å². The molecule has 26 heavy (non-hydrogen) atoms. The molecule has 0 radical (unpaired) electrons. The number of hydrogen-bond donors (Lipinski definition) is 2. The lowest BCUT2D eigenvalue weighted by Crippen LogP contribution is -2.16. The minimum Gasteiger partial charge on any atom is -0.497 e. The zero-order chi connectivity index (χ0) is 19.2. The largest absolute Gasteiger partial charge is 0.497 e. The first-order valence-electron chi connectivity index (χ1n) is 7.98. The van der Waals surface area contributed by atoms with Crippen LogP contribution in [-0.2, 0) is 21.2 Å². The van der Waals surface area contributed by atoms with Crippen molar-refractivity contribution < 1.29 is 22.7 Å². The molecule has 0 aliphatic heterocycles. The van der Waals surface area contributed by atoms with E-state index in [0.717, 1.165) is 11.3 Å². The van der Waals surface area contributed by atoms with Gasteiger partial charge >= 0.3 is 0 Å². The number of sulfonamides is 1. The van der Waals surface area contributed by atoms with Crippen LogP contribution >= 0.6 is 0 Å². The Balaban J connectivity index is 2.07. The lowest BCUT2D eigenvalue weighted by atomic mass is 10.1. The summed E-state index contributed by atoms with van der Waals surface area (Å²) in [4.78, 5) is 12.2. The number of anilines is 2. The molecule has 2 rings (SSSR count). The van der Waals surface area contributed by atoms with Crippen LogP contribution in [0.25, 0.3) is 0 Å². The average molecular weight is 378 g/mol. The Hall–Kier alpha value is -2.74. The summed E-state index contributed by atoms with van der Waals surface area (Å²) in [7, 11) is -0.400. The molecule has 1 amide bonds. The highest BCUT2D eigenvalue weighted by molar-refractivity contribution is 7.92. The van der Waals surface area contributed by atoms with Crippen LogP contribution in [0.5, 0.6) is 11.5 Å². The van der Waals surface area contributed by atoms with E-state index in [0.29, 0.717) is 17.1 Å². The summed E-state index contributed by atoms with van der Waals surface area (Å²) in [6, 6.07) is 12.0. The molecule has 0 saturated heterocycles. The second-order valence-corrected chi connectivity index (χ2v) is 7.50. The molecule has 2 aromatic rings. The van der Waals surface area contributed by atoms with Crippen molar-refractivity contribution in [1.82, 2.24) is 0 Å². The van der Waals surface area contributed by atoms with Crippen LogP contribution in [0.4, 0.5) is 11.4 Å². The van der Waals surface area contributed by atoms with Crippen LogP contribution in [0.1, 0.15) is 12.5 Å². The van der Waals surface area contributed by atoms with Gasteiger partial charge in [0.05, 0.1) is 32.1 Å². The van der Waals surface area contributed by atoms with Crippen LogP contribution in [0.2, 0.25) is 0 Å². The second kappa shape index (κ2) is 8.57.